The third-order valence-corrected chi connectivity index (χ3v) is 5.09. The Labute approximate surface area is 162 Å². The molecule has 0 atom stereocenters. The molecule has 2 aromatic carbocycles. The number of hydrogen-bond donors (Lipinski definition) is 0. The average Bonchev–Trinajstić information content (AvgIpc) is 2.65. The summed E-state index contributed by atoms with van der Waals surface area (Å²) in [7, 11) is 3.89. The molecule has 0 radical (unpaired) electrons. The zero-order valence-corrected chi connectivity index (χ0v) is 16.6. The van der Waals surface area contributed by atoms with E-state index in [1.807, 2.05) is 56.4 Å². The summed E-state index contributed by atoms with van der Waals surface area (Å²) < 4.78 is 5.46. The monoisotopic (exact) mass is 379 g/mol. The summed E-state index contributed by atoms with van der Waals surface area (Å²) in [5.74, 6) is -0.152. The number of rotatable bonds is 5. The van der Waals surface area contributed by atoms with Gasteiger partial charge in [-0.3, -0.25) is 4.79 Å². The minimum Gasteiger partial charge on any atom is -0.422 e. The first-order valence-corrected chi connectivity index (χ1v) is 9.74. The molecule has 1 heterocycles. The Morgan fingerprint density at radius 2 is 1.81 bits per heavy atom. The minimum absolute atomic E-state index is 0.152. The summed E-state index contributed by atoms with van der Waals surface area (Å²) in [6.45, 7) is 2.01. The van der Waals surface area contributed by atoms with E-state index in [9.17, 15) is 9.59 Å². The molecule has 0 N–H and O–H groups in total. The maximum atomic E-state index is 12.3. The topological polar surface area (TPSA) is 50.5 Å². The Balaban J connectivity index is 1.92. The molecule has 0 unspecified atom stereocenters. The van der Waals surface area contributed by atoms with Crippen LogP contribution in [0.4, 0.5) is 5.69 Å². The fourth-order valence-corrected chi connectivity index (χ4v) is 3.31. The lowest BCUT2D eigenvalue weighted by Crippen LogP contribution is -2.10. The van der Waals surface area contributed by atoms with Crippen LogP contribution in [0.2, 0.25) is 0 Å². The van der Waals surface area contributed by atoms with Gasteiger partial charge in [0.1, 0.15) is 5.58 Å². The lowest BCUT2D eigenvalue weighted by atomic mass is 10.1. The van der Waals surface area contributed by atoms with Gasteiger partial charge < -0.3 is 9.32 Å². The van der Waals surface area contributed by atoms with Crippen LogP contribution < -0.4 is 10.5 Å². The molecule has 0 aliphatic heterocycles. The fourth-order valence-electron chi connectivity index (χ4n) is 2.90. The molecule has 27 heavy (non-hydrogen) atoms. The number of aryl methyl sites for hydroxylation is 1. The highest BCUT2D eigenvalue weighted by molar-refractivity contribution is 7.98. The average molecular weight is 379 g/mol. The molecule has 1 aromatic heterocycles. The Bertz CT molecular complexity index is 1080. The molecule has 138 valence electrons. The Morgan fingerprint density at radius 3 is 2.44 bits per heavy atom. The van der Waals surface area contributed by atoms with Crippen LogP contribution in [0.3, 0.4) is 0 Å². The van der Waals surface area contributed by atoms with Crippen molar-refractivity contribution in [2.24, 2.45) is 0 Å². The highest BCUT2D eigenvalue weighted by Crippen LogP contribution is 2.25. The van der Waals surface area contributed by atoms with E-state index in [-0.39, 0.29) is 5.78 Å². The lowest BCUT2D eigenvalue weighted by molar-refractivity contribution is 0.104. The van der Waals surface area contributed by atoms with Crippen molar-refractivity contribution < 1.29 is 9.21 Å². The second-order valence-electron chi connectivity index (χ2n) is 6.49. The second-order valence-corrected chi connectivity index (χ2v) is 7.37. The molecule has 0 saturated heterocycles. The van der Waals surface area contributed by atoms with Crippen LogP contribution in [0.1, 0.15) is 21.5 Å². The molecule has 3 rings (SSSR count). The van der Waals surface area contributed by atoms with Crippen LogP contribution in [-0.4, -0.2) is 26.1 Å². The SMILES string of the molecule is CSc1ccc(C(=O)C=Cc2cc3cc(C)c(N(C)C)cc3oc2=O)cc1. The fraction of sp³-hybridized carbons (Fsp3) is 0.182. The van der Waals surface area contributed by atoms with E-state index < -0.39 is 5.63 Å². The van der Waals surface area contributed by atoms with E-state index in [2.05, 4.69) is 0 Å². The number of allylic oxidation sites excluding steroid dienone is 1. The Kier molecular flexibility index (Phi) is 5.51. The third kappa shape index (κ3) is 4.14. The Morgan fingerprint density at radius 1 is 1.11 bits per heavy atom. The molecule has 0 aliphatic rings. The summed E-state index contributed by atoms with van der Waals surface area (Å²) in [6.07, 6.45) is 4.91. The van der Waals surface area contributed by atoms with Gasteiger partial charge in [-0.25, -0.2) is 4.79 Å². The van der Waals surface area contributed by atoms with Crippen molar-refractivity contribution >= 4 is 40.3 Å². The van der Waals surface area contributed by atoms with Crippen LogP contribution in [0.5, 0.6) is 0 Å². The summed E-state index contributed by atoms with van der Waals surface area (Å²) in [6, 6.07) is 13.0. The molecule has 0 bridgehead atoms. The van der Waals surface area contributed by atoms with Crippen LogP contribution in [0, 0.1) is 6.92 Å². The highest BCUT2D eigenvalue weighted by atomic mass is 32.2. The van der Waals surface area contributed by atoms with Gasteiger partial charge >= 0.3 is 5.63 Å². The first kappa shape index (κ1) is 19.0. The van der Waals surface area contributed by atoms with Crippen LogP contribution >= 0.6 is 11.8 Å². The van der Waals surface area contributed by atoms with Crippen molar-refractivity contribution in [3.8, 4) is 0 Å². The van der Waals surface area contributed by atoms with Crippen LogP contribution in [-0.2, 0) is 0 Å². The third-order valence-electron chi connectivity index (χ3n) is 4.35. The van der Waals surface area contributed by atoms with Crippen LogP contribution in [0.25, 0.3) is 17.0 Å². The van der Waals surface area contributed by atoms with Crippen molar-refractivity contribution in [3.05, 3.63) is 75.7 Å². The van der Waals surface area contributed by atoms with E-state index >= 15 is 0 Å². The number of hydrogen-bond acceptors (Lipinski definition) is 5. The van der Waals surface area contributed by atoms with Crippen molar-refractivity contribution in [2.45, 2.75) is 11.8 Å². The van der Waals surface area contributed by atoms with Gasteiger partial charge in [0.2, 0.25) is 0 Å². The van der Waals surface area contributed by atoms with E-state index in [0.29, 0.717) is 16.7 Å². The number of carbonyl (C=O) groups excluding carboxylic acids is 1. The number of benzene rings is 2. The van der Waals surface area contributed by atoms with Gasteiger partial charge in [0.25, 0.3) is 0 Å². The van der Waals surface area contributed by atoms with Gasteiger partial charge in [-0.1, -0.05) is 0 Å². The maximum Gasteiger partial charge on any atom is 0.343 e. The van der Waals surface area contributed by atoms with Gasteiger partial charge in [-0.05, 0) is 67.3 Å². The molecular weight excluding hydrogens is 358 g/mol. The molecule has 4 nitrogen and oxygen atoms in total. The maximum absolute atomic E-state index is 12.3. The summed E-state index contributed by atoms with van der Waals surface area (Å²) in [5, 5.41) is 0.828. The molecule has 0 amide bonds. The van der Waals surface area contributed by atoms with E-state index in [1.165, 1.54) is 12.2 Å². The number of thioether (sulfide) groups is 1. The first-order valence-electron chi connectivity index (χ1n) is 8.51. The normalized spacial score (nSPS) is 11.3. The van der Waals surface area contributed by atoms with Gasteiger partial charge in [-0.15, -0.1) is 11.8 Å². The predicted molar refractivity (Wildman–Crippen MR) is 113 cm³/mol. The molecule has 0 spiro atoms. The number of anilines is 1. The number of nitrogens with zero attached hydrogens (tertiary/aromatic N) is 1. The molecular formula is C22H21NO3S. The van der Waals surface area contributed by atoms with E-state index in [4.69, 9.17) is 4.42 Å². The van der Waals surface area contributed by atoms with Gasteiger partial charge in [-0.2, -0.15) is 0 Å². The molecule has 0 fully saturated rings. The van der Waals surface area contributed by atoms with Gasteiger partial charge in [0.15, 0.2) is 5.78 Å². The quantitative estimate of drug-likeness (QED) is 0.276. The largest absolute Gasteiger partial charge is 0.422 e. The number of fused-ring (bicyclic) bond motifs is 1. The molecule has 0 aliphatic carbocycles. The summed E-state index contributed by atoms with van der Waals surface area (Å²) in [5.41, 5.74) is 3.09. The highest BCUT2D eigenvalue weighted by Gasteiger charge is 2.09. The number of carbonyl (C=O) groups is 1. The molecule has 0 saturated carbocycles. The van der Waals surface area contributed by atoms with Crippen molar-refractivity contribution in [3.63, 3.8) is 0 Å². The molecule has 3 aromatic rings. The lowest BCUT2D eigenvalue weighted by Gasteiger charge is -2.16. The van der Waals surface area contributed by atoms with Crippen molar-refractivity contribution in [1.29, 1.82) is 0 Å². The standard InChI is InChI=1S/C22H21NO3S/c1-14-11-17-12-16(22(25)26-21(17)13-19(14)23(2)3)7-10-20(24)15-5-8-18(27-4)9-6-15/h5-13H,1-4H3. The van der Waals surface area contributed by atoms with E-state index in [0.717, 1.165) is 21.5 Å². The first-order chi connectivity index (χ1) is 12.9. The summed E-state index contributed by atoms with van der Waals surface area (Å²) in [4.78, 5) is 27.7. The molecule has 5 heteroatoms. The number of ketones is 1. The van der Waals surface area contributed by atoms with Crippen molar-refractivity contribution in [1.82, 2.24) is 0 Å². The zero-order valence-electron chi connectivity index (χ0n) is 15.8. The smallest absolute Gasteiger partial charge is 0.343 e. The zero-order chi connectivity index (χ0) is 19.6. The van der Waals surface area contributed by atoms with Gasteiger partial charge in [0.05, 0.1) is 5.56 Å². The van der Waals surface area contributed by atoms with Crippen molar-refractivity contribution in [2.75, 3.05) is 25.3 Å². The predicted octanol–water partition coefficient (Wildman–Crippen LogP) is 4.79. The Hall–Kier alpha value is -2.79. The van der Waals surface area contributed by atoms with Crippen LogP contribution in [0.15, 0.2) is 62.6 Å². The van der Waals surface area contributed by atoms with Gasteiger partial charge in [0, 0.05) is 41.7 Å². The summed E-state index contributed by atoms with van der Waals surface area (Å²) >= 11 is 1.62. The second kappa shape index (κ2) is 7.84. The van der Waals surface area contributed by atoms with E-state index in [1.54, 1.807) is 30.0 Å². The minimum atomic E-state index is -0.460.